The molecule has 0 aliphatic carbocycles. The van der Waals surface area contributed by atoms with Crippen molar-refractivity contribution in [2.45, 2.75) is 59.6 Å². The summed E-state index contributed by atoms with van der Waals surface area (Å²) in [5, 5.41) is 3.53. The maximum absolute atomic E-state index is 5.47. The maximum Gasteiger partial charge on any atom is 0.0637 e. The molecular formula is C12H27NO. The highest BCUT2D eigenvalue weighted by Gasteiger charge is 2.30. The van der Waals surface area contributed by atoms with E-state index in [9.17, 15) is 0 Å². The Morgan fingerprint density at radius 2 is 1.64 bits per heavy atom. The number of nitrogens with one attached hydrogen (secondary N) is 1. The monoisotopic (exact) mass is 201 g/mol. The molecular weight excluding hydrogens is 174 g/mol. The lowest BCUT2D eigenvalue weighted by Crippen LogP contribution is -2.45. The molecule has 0 fully saturated rings. The molecule has 86 valence electrons. The molecule has 0 heterocycles. The van der Waals surface area contributed by atoms with E-state index in [0.717, 1.165) is 13.0 Å². The van der Waals surface area contributed by atoms with Gasteiger partial charge in [0.1, 0.15) is 0 Å². The van der Waals surface area contributed by atoms with Gasteiger partial charge in [-0.3, -0.25) is 0 Å². The first-order valence-corrected chi connectivity index (χ1v) is 5.51. The second kappa shape index (κ2) is 5.13. The number of rotatable bonds is 5. The van der Waals surface area contributed by atoms with Gasteiger partial charge in [-0.25, -0.2) is 0 Å². The lowest BCUT2D eigenvalue weighted by molar-refractivity contribution is -0.00389. The van der Waals surface area contributed by atoms with E-state index >= 15 is 0 Å². The summed E-state index contributed by atoms with van der Waals surface area (Å²) < 4.78 is 5.47. The Balaban J connectivity index is 4.38. The molecule has 1 N–H and O–H groups in total. The molecule has 0 radical (unpaired) electrons. The Morgan fingerprint density at radius 1 is 1.14 bits per heavy atom. The highest BCUT2D eigenvalue weighted by atomic mass is 16.5. The van der Waals surface area contributed by atoms with Gasteiger partial charge in [0.15, 0.2) is 0 Å². The predicted molar refractivity (Wildman–Crippen MR) is 62.6 cm³/mol. The minimum Gasteiger partial charge on any atom is -0.379 e. The molecule has 0 rings (SSSR count). The van der Waals surface area contributed by atoms with Gasteiger partial charge < -0.3 is 10.1 Å². The maximum atomic E-state index is 5.47. The number of hydrogen-bond acceptors (Lipinski definition) is 2. The predicted octanol–water partition coefficient (Wildman–Crippen LogP) is 2.83. The van der Waals surface area contributed by atoms with Crippen LogP contribution in [-0.2, 0) is 4.74 Å². The van der Waals surface area contributed by atoms with E-state index in [2.05, 4.69) is 46.9 Å². The number of ether oxygens (including phenoxy) is 1. The Morgan fingerprint density at radius 3 is 1.93 bits per heavy atom. The van der Waals surface area contributed by atoms with Gasteiger partial charge in [0.2, 0.25) is 0 Å². The fourth-order valence-corrected chi connectivity index (χ4v) is 1.51. The summed E-state index contributed by atoms with van der Waals surface area (Å²) in [5.41, 5.74) is 0.242. The third-order valence-electron chi connectivity index (χ3n) is 2.74. The van der Waals surface area contributed by atoms with Crippen LogP contribution >= 0.6 is 0 Å². The molecule has 0 aliphatic heterocycles. The van der Waals surface area contributed by atoms with Gasteiger partial charge in [-0.2, -0.15) is 0 Å². The quantitative estimate of drug-likeness (QED) is 0.738. The van der Waals surface area contributed by atoms with Crippen LogP contribution in [0.2, 0.25) is 0 Å². The second-order valence-electron chi connectivity index (χ2n) is 5.64. The molecule has 0 saturated heterocycles. The molecule has 14 heavy (non-hydrogen) atoms. The molecule has 2 nitrogen and oxygen atoms in total. The van der Waals surface area contributed by atoms with Crippen molar-refractivity contribution in [1.82, 2.24) is 5.32 Å². The van der Waals surface area contributed by atoms with Crippen molar-refractivity contribution in [2.24, 2.45) is 5.41 Å². The Kier molecular flexibility index (Phi) is 5.10. The van der Waals surface area contributed by atoms with Gasteiger partial charge in [0.05, 0.1) is 5.60 Å². The SMILES string of the molecule is CCNC(CC(C)(C)OC)C(C)(C)C. The Hall–Kier alpha value is -0.0800. The third-order valence-corrected chi connectivity index (χ3v) is 2.74. The van der Waals surface area contributed by atoms with Gasteiger partial charge >= 0.3 is 0 Å². The number of methoxy groups -OCH3 is 1. The van der Waals surface area contributed by atoms with Crippen molar-refractivity contribution in [1.29, 1.82) is 0 Å². The summed E-state index contributed by atoms with van der Waals surface area (Å²) in [4.78, 5) is 0. The first-order chi connectivity index (χ1) is 6.23. The van der Waals surface area contributed by atoms with E-state index in [4.69, 9.17) is 4.74 Å². The molecule has 0 aliphatic rings. The average Bonchev–Trinajstić information content (AvgIpc) is 2.02. The first-order valence-electron chi connectivity index (χ1n) is 5.51. The number of hydrogen-bond donors (Lipinski definition) is 1. The molecule has 0 bridgehead atoms. The molecule has 1 unspecified atom stereocenters. The van der Waals surface area contributed by atoms with Crippen LogP contribution < -0.4 is 5.32 Å². The molecule has 2 heteroatoms. The van der Waals surface area contributed by atoms with Crippen LogP contribution in [0.4, 0.5) is 0 Å². The minimum absolute atomic E-state index is 0.0416. The summed E-state index contributed by atoms with van der Waals surface area (Å²) in [6.45, 7) is 14.3. The third kappa shape index (κ3) is 4.97. The summed E-state index contributed by atoms with van der Waals surface area (Å²) in [6, 6.07) is 0.502. The molecule has 1 atom stereocenters. The van der Waals surface area contributed by atoms with E-state index in [0.29, 0.717) is 6.04 Å². The van der Waals surface area contributed by atoms with E-state index in [1.165, 1.54) is 0 Å². The van der Waals surface area contributed by atoms with Gasteiger partial charge in [0, 0.05) is 13.2 Å². The summed E-state index contributed by atoms with van der Waals surface area (Å²) in [7, 11) is 1.78. The largest absolute Gasteiger partial charge is 0.379 e. The van der Waals surface area contributed by atoms with Crippen LogP contribution in [0.5, 0.6) is 0 Å². The fourth-order valence-electron chi connectivity index (χ4n) is 1.51. The standard InChI is InChI=1S/C12H27NO/c1-8-13-10(11(2,3)4)9-12(5,6)14-7/h10,13H,8-9H2,1-7H3. The first kappa shape index (κ1) is 13.9. The van der Waals surface area contributed by atoms with Crippen LogP contribution in [0, 0.1) is 5.41 Å². The molecule has 0 amide bonds. The second-order valence-corrected chi connectivity index (χ2v) is 5.64. The van der Waals surface area contributed by atoms with Gasteiger partial charge in [-0.1, -0.05) is 27.7 Å². The zero-order valence-corrected chi connectivity index (χ0v) is 10.9. The normalized spacial score (nSPS) is 15.6. The van der Waals surface area contributed by atoms with Crippen molar-refractivity contribution < 1.29 is 4.74 Å². The Labute approximate surface area is 89.4 Å². The van der Waals surface area contributed by atoms with Crippen molar-refractivity contribution in [3.63, 3.8) is 0 Å². The summed E-state index contributed by atoms with van der Waals surface area (Å²) in [6.07, 6.45) is 1.04. The van der Waals surface area contributed by atoms with E-state index in [1.54, 1.807) is 7.11 Å². The van der Waals surface area contributed by atoms with Crippen LogP contribution in [0.1, 0.15) is 48.0 Å². The van der Waals surface area contributed by atoms with Gasteiger partial charge in [0.25, 0.3) is 0 Å². The lowest BCUT2D eigenvalue weighted by atomic mass is 9.80. The van der Waals surface area contributed by atoms with Crippen LogP contribution in [0.3, 0.4) is 0 Å². The fraction of sp³-hybridized carbons (Fsp3) is 1.00. The minimum atomic E-state index is -0.0416. The zero-order chi connectivity index (χ0) is 11.4. The highest BCUT2D eigenvalue weighted by Crippen LogP contribution is 2.27. The molecule has 0 spiro atoms. The molecule has 0 saturated carbocycles. The van der Waals surface area contributed by atoms with Gasteiger partial charge in [-0.05, 0) is 32.2 Å². The van der Waals surface area contributed by atoms with Gasteiger partial charge in [-0.15, -0.1) is 0 Å². The topological polar surface area (TPSA) is 21.3 Å². The zero-order valence-electron chi connectivity index (χ0n) is 10.9. The highest BCUT2D eigenvalue weighted by molar-refractivity contribution is 4.86. The summed E-state index contributed by atoms with van der Waals surface area (Å²) in [5.74, 6) is 0. The lowest BCUT2D eigenvalue weighted by Gasteiger charge is -2.37. The average molecular weight is 201 g/mol. The van der Waals surface area contributed by atoms with Crippen molar-refractivity contribution in [3.8, 4) is 0 Å². The van der Waals surface area contributed by atoms with Crippen molar-refractivity contribution in [3.05, 3.63) is 0 Å². The van der Waals surface area contributed by atoms with Crippen LogP contribution in [0.25, 0.3) is 0 Å². The molecule has 0 aromatic rings. The van der Waals surface area contributed by atoms with Crippen molar-refractivity contribution >= 4 is 0 Å². The summed E-state index contributed by atoms with van der Waals surface area (Å²) >= 11 is 0. The van der Waals surface area contributed by atoms with Crippen LogP contribution in [-0.4, -0.2) is 25.3 Å². The smallest absolute Gasteiger partial charge is 0.0637 e. The molecule has 0 aromatic heterocycles. The van der Waals surface area contributed by atoms with E-state index in [-0.39, 0.29) is 11.0 Å². The Bertz CT molecular complexity index is 155. The van der Waals surface area contributed by atoms with Crippen LogP contribution in [0.15, 0.2) is 0 Å². The molecule has 0 aromatic carbocycles. The van der Waals surface area contributed by atoms with E-state index < -0.39 is 0 Å². The van der Waals surface area contributed by atoms with Crippen molar-refractivity contribution in [2.75, 3.05) is 13.7 Å². The van der Waals surface area contributed by atoms with E-state index in [1.807, 2.05) is 0 Å².